The van der Waals surface area contributed by atoms with Crippen LogP contribution in [0.3, 0.4) is 0 Å². The van der Waals surface area contributed by atoms with Gasteiger partial charge in [0.15, 0.2) is 0 Å². The average Bonchev–Trinajstić information content (AvgIpc) is 2.26. The molecular weight excluding hydrogens is 178 g/mol. The maximum Gasteiger partial charge on any atom is 0.0805 e. The summed E-state index contributed by atoms with van der Waals surface area (Å²) in [5.74, 6) is 0. The lowest BCUT2D eigenvalue weighted by Crippen LogP contribution is -2.30. The molecule has 0 fully saturated rings. The third-order valence-corrected chi connectivity index (χ3v) is 2.32. The fourth-order valence-electron chi connectivity index (χ4n) is 1.36. The van der Waals surface area contributed by atoms with E-state index in [9.17, 15) is 5.11 Å². The smallest absolute Gasteiger partial charge is 0.0805 e. The summed E-state index contributed by atoms with van der Waals surface area (Å²) in [4.78, 5) is 0. The predicted molar refractivity (Wildman–Crippen MR) is 56.0 cm³/mol. The molecule has 1 aromatic carbocycles. The van der Waals surface area contributed by atoms with Crippen molar-refractivity contribution < 1.29 is 10.2 Å². The number of aliphatic hydroxyl groups is 2. The van der Waals surface area contributed by atoms with E-state index in [4.69, 9.17) is 5.11 Å². The molecule has 0 bridgehead atoms. The standard InChI is InChI=1S/C11H17NO2/c1-12-10(8-13)7-11(14)9-5-3-2-4-6-9/h2-6,10-14H,7-8H2,1H3. The normalized spacial score (nSPS) is 15.1. The number of nitrogens with one attached hydrogen (secondary N) is 1. The molecule has 0 amide bonds. The molecule has 14 heavy (non-hydrogen) atoms. The van der Waals surface area contributed by atoms with Crippen molar-refractivity contribution in [1.82, 2.24) is 5.32 Å². The predicted octanol–water partition coefficient (Wildman–Crippen LogP) is 0.690. The van der Waals surface area contributed by atoms with Crippen LogP contribution in [0.5, 0.6) is 0 Å². The molecule has 1 rings (SSSR count). The topological polar surface area (TPSA) is 52.5 Å². The highest BCUT2D eigenvalue weighted by Gasteiger charge is 2.12. The second-order valence-electron chi connectivity index (χ2n) is 3.33. The first-order valence-electron chi connectivity index (χ1n) is 4.79. The maximum absolute atomic E-state index is 9.80. The summed E-state index contributed by atoms with van der Waals surface area (Å²) in [5, 5.41) is 21.7. The molecule has 78 valence electrons. The van der Waals surface area contributed by atoms with Crippen molar-refractivity contribution in [2.45, 2.75) is 18.6 Å². The molecule has 3 nitrogen and oxygen atoms in total. The summed E-state index contributed by atoms with van der Waals surface area (Å²) in [7, 11) is 1.78. The number of aliphatic hydroxyl groups excluding tert-OH is 2. The van der Waals surface area contributed by atoms with Crippen LogP contribution in [-0.2, 0) is 0 Å². The van der Waals surface area contributed by atoms with Gasteiger partial charge < -0.3 is 15.5 Å². The van der Waals surface area contributed by atoms with Crippen molar-refractivity contribution in [2.75, 3.05) is 13.7 Å². The van der Waals surface area contributed by atoms with Crippen LogP contribution in [-0.4, -0.2) is 29.9 Å². The third kappa shape index (κ3) is 3.10. The van der Waals surface area contributed by atoms with Crippen molar-refractivity contribution in [2.24, 2.45) is 0 Å². The van der Waals surface area contributed by atoms with E-state index in [1.54, 1.807) is 7.05 Å². The van der Waals surface area contributed by atoms with Crippen molar-refractivity contribution in [3.63, 3.8) is 0 Å². The van der Waals surface area contributed by atoms with Crippen LogP contribution in [0.25, 0.3) is 0 Å². The number of hydrogen-bond donors (Lipinski definition) is 3. The molecular formula is C11H17NO2. The molecule has 3 N–H and O–H groups in total. The molecule has 1 aromatic rings. The Morgan fingerprint density at radius 1 is 1.29 bits per heavy atom. The van der Waals surface area contributed by atoms with Crippen LogP contribution in [0.2, 0.25) is 0 Å². The first-order chi connectivity index (χ1) is 6.77. The lowest BCUT2D eigenvalue weighted by Gasteiger charge is -2.17. The molecule has 0 heterocycles. The van der Waals surface area contributed by atoms with E-state index < -0.39 is 6.10 Å². The lowest BCUT2D eigenvalue weighted by molar-refractivity contribution is 0.132. The third-order valence-electron chi connectivity index (χ3n) is 2.32. The molecule has 0 aliphatic rings. The first kappa shape index (κ1) is 11.2. The van der Waals surface area contributed by atoms with E-state index in [-0.39, 0.29) is 12.6 Å². The Kier molecular flexibility index (Phi) is 4.59. The monoisotopic (exact) mass is 195 g/mol. The number of rotatable bonds is 5. The highest BCUT2D eigenvalue weighted by Crippen LogP contribution is 2.17. The van der Waals surface area contributed by atoms with Gasteiger partial charge in [0.05, 0.1) is 12.7 Å². The SMILES string of the molecule is CNC(CO)CC(O)c1ccccc1. The minimum absolute atomic E-state index is 0.0421. The minimum Gasteiger partial charge on any atom is -0.395 e. The van der Waals surface area contributed by atoms with Crippen LogP contribution < -0.4 is 5.32 Å². The fourth-order valence-corrected chi connectivity index (χ4v) is 1.36. The van der Waals surface area contributed by atoms with Gasteiger partial charge in [0.25, 0.3) is 0 Å². The van der Waals surface area contributed by atoms with Crippen LogP contribution in [0.4, 0.5) is 0 Å². The number of hydrogen-bond acceptors (Lipinski definition) is 3. The van der Waals surface area contributed by atoms with Crippen molar-refractivity contribution in [3.8, 4) is 0 Å². The van der Waals surface area contributed by atoms with Gasteiger partial charge in [-0.1, -0.05) is 30.3 Å². The molecule has 0 aliphatic carbocycles. The summed E-state index contributed by atoms with van der Waals surface area (Å²) in [6.07, 6.45) is 0.0117. The van der Waals surface area contributed by atoms with Crippen LogP contribution in [0, 0.1) is 0 Å². The van der Waals surface area contributed by atoms with Gasteiger partial charge in [0.2, 0.25) is 0 Å². The van der Waals surface area contributed by atoms with E-state index in [0.717, 1.165) is 5.56 Å². The van der Waals surface area contributed by atoms with Gasteiger partial charge in [-0.05, 0) is 19.0 Å². The van der Waals surface area contributed by atoms with Crippen LogP contribution >= 0.6 is 0 Å². The Morgan fingerprint density at radius 3 is 2.43 bits per heavy atom. The molecule has 0 radical (unpaired) electrons. The van der Waals surface area contributed by atoms with Gasteiger partial charge >= 0.3 is 0 Å². The molecule has 0 spiro atoms. The molecule has 0 saturated heterocycles. The summed E-state index contributed by atoms with van der Waals surface area (Å²) >= 11 is 0. The van der Waals surface area contributed by atoms with Gasteiger partial charge in [0, 0.05) is 6.04 Å². The average molecular weight is 195 g/mol. The van der Waals surface area contributed by atoms with Gasteiger partial charge in [-0.25, -0.2) is 0 Å². The van der Waals surface area contributed by atoms with E-state index in [1.807, 2.05) is 30.3 Å². The van der Waals surface area contributed by atoms with Crippen LogP contribution in [0.15, 0.2) is 30.3 Å². The van der Waals surface area contributed by atoms with Gasteiger partial charge in [0.1, 0.15) is 0 Å². The van der Waals surface area contributed by atoms with Crippen molar-refractivity contribution in [1.29, 1.82) is 0 Å². The molecule has 2 unspecified atom stereocenters. The van der Waals surface area contributed by atoms with E-state index >= 15 is 0 Å². The zero-order chi connectivity index (χ0) is 10.4. The van der Waals surface area contributed by atoms with Crippen molar-refractivity contribution >= 4 is 0 Å². The largest absolute Gasteiger partial charge is 0.395 e. The van der Waals surface area contributed by atoms with Crippen molar-refractivity contribution in [3.05, 3.63) is 35.9 Å². The molecule has 0 saturated carbocycles. The second kappa shape index (κ2) is 5.75. The minimum atomic E-state index is -0.513. The lowest BCUT2D eigenvalue weighted by atomic mass is 10.0. The highest BCUT2D eigenvalue weighted by molar-refractivity contribution is 5.17. The zero-order valence-electron chi connectivity index (χ0n) is 8.35. The Labute approximate surface area is 84.4 Å². The fraction of sp³-hybridized carbons (Fsp3) is 0.455. The summed E-state index contributed by atoms with van der Waals surface area (Å²) in [6, 6.07) is 9.42. The zero-order valence-corrected chi connectivity index (χ0v) is 8.35. The number of likely N-dealkylation sites (N-methyl/N-ethyl adjacent to an activating group) is 1. The Bertz CT molecular complexity index is 247. The second-order valence-corrected chi connectivity index (χ2v) is 3.33. The Hall–Kier alpha value is -0.900. The van der Waals surface area contributed by atoms with E-state index in [0.29, 0.717) is 6.42 Å². The quantitative estimate of drug-likeness (QED) is 0.648. The summed E-state index contributed by atoms with van der Waals surface area (Å²) in [6.45, 7) is 0.0421. The number of benzene rings is 1. The van der Waals surface area contributed by atoms with Gasteiger partial charge in [-0.3, -0.25) is 0 Å². The molecule has 0 aromatic heterocycles. The van der Waals surface area contributed by atoms with E-state index in [2.05, 4.69) is 5.32 Å². The summed E-state index contributed by atoms with van der Waals surface area (Å²) in [5.41, 5.74) is 0.890. The molecule has 2 atom stereocenters. The highest BCUT2D eigenvalue weighted by atomic mass is 16.3. The molecule has 0 aliphatic heterocycles. The Balaban J connectivity index is 2.54. The molecule has 3 heteroatoms. The summed E-state index contributed by atoms with van der Waals surface area (Å²) < 4.78 is 0. The van der Waals surface area contributed by atoms with Gasteiger partial charge in [-0.2, -0.15) is 0 Å². The van der Waals surface area contributed by atoms with Gasteiger partial charge in [-0.15, -0.1) is 0 Å². The Morgan fingerprint density at radius 2 is 1.93 bits per heavy atom. The maximum atomic E-state index is 9.80. The van der Waals surface area contributed by atoms with Crippen LogP contribution in [0.1, 0.15) is 18.1 Å². The first-order valence-corrected chi connectivity index (χ1v) is 4.79. The van der Waals surface area contributed by atoms with E-state index in [1.165, 1.54) is 0 Å².